The SMILES string of the molecule is Cc1cc(C(=O)N2CCN(CCC(C)C)CC2)no1. The lowest BCUT2D eigenvalue weighted by atomic mass is 10.1. The van der Waals surface area contributed by atoms with Gasteiger partial charge in [-0.2, -0.15) is 0 Å². The van der Waals surface area contributed by atoms with Gasteiger partial charge in [-0.15, -0.1) is 0 Å². The Labute approximate surface area is 114 Å². The van der Waals surface area contributed by atoms with Gasteiger partial charge >= 0.3 is 0 Å². The number of hydrogen-bond donors (Lipinski definition) is 0. The zero-order chi connectivity index (χ0) is 13.8. The molecule has 1 fully saturated rings. The Balaban J connectivity index is 1.81. The van der Waals surface area contributed by atoms with Crippen molar-refractivity contribution < 1.29 is 9.32 Å². The second-order valence-electron chi connectivity index (χ2n) is 5.64. The second-order valence-corrected chi connectivity index (χ2v) is 5.64. The summed E-state index contributed by atoms with van der Waals surface area (Å²) >= 11 is 0. The van der Waals surface area contributed by atoms with E-state index in [4.69, 9.17) is 4.52 Å². The van der Waals surface area contributed by atoms with Crippen LogP contribution in [0.2, 0.25) is 0 Å². The molecule has 1 aliphatic rings. The fraction of sp³-hybridized carbons (Fsp3) is 0.714. The molecule has 1 aliphatic heterocycles. The molecule has 106 valence electrons. The van der Waals surface area contributed by atoms with Crippen molar-refractivity contribution in [2.75, 3.05) is 32.7 Å². The minimum atomic E-state index is -0.0136. The van der Waals surface area contributed by atoms with Crippen molar-refractivity contribution in [3.63, 3.8) is 0 Å². The molecule has 0 atom stereocenters. The summed E-state index contributed by atoms with van der Waals surface area (Å²) in [6, 6.07) is 1.70. The minimum absolute atomic E-state index is 0.0136. The molecular formula is C14H23N3O2. The molecule has 5 heteroatoms. The average Bonchev–Trinajstić information content (AvgIpc) is 2.83. The third-order valence-electron chi connectivity index (χ3n) is 3.53. The fourth-order valence-corrected chi connectivity index (χ4v) is 2.24. The van der Waals surface area contributed by atoms with Gasteiger partial charge in [0.25, 0.3) is 5.91 Å². The van der Waals surface area contributed by atoms with Crippen LogP contribution >= 0.6 is 0 Å². The number of nitrogens with zero attached hydrogens (tertiary/aromatic N) is 3. The lowest BCUT2D eigenvalue weighted by Crippen LogP contribution is -2.49. The third-order valence-corrected chi connectivity index (χ3v) is 3.53. The highest BCUT2D eigenvalue weighted by molar-refractivity contribution is 5.92. The van der Waals surface area contributed by atoms with Gasteiger partial charge in [0.1, 0.15) is 5.76 Å². The van der Waals surface area contributed by atoms with Crippen molar-refractivity contribution in [1.82, 2.24) is 15.0 Å². The number of amides is 1. The maximum Gasteiger partial charge on any atom is 0.276 e. The fourth-order valence-electron chi connectivity index (χ4n) is 2.24. The van der Waals surface area contributed by atoms with Crippen LogP contribution in [0.25, 0.3) is 0 Å². The van der Waals surface area contributed by atoms with E-state index in [9.17, 15) is 4.79 Å². The van der Waals surface area contributed by atoms with Crippen molar-refractivity contribution in [1.29, 1.82) is 0 Å². The number of aromatic nitrogens is 1. The summed E-state index contributed by atoms with van der Waals surface area (Å²) in [4.78, 5) is 16.5. The van der Waals surface area contributed by atoms with Crippen molar-refractivity contribution in [3.05, 3.63) is 17.5 Å². The van der Waals surface area contributed by atoms with E-state index in [1.165, 1.54) is 6.42 Å². The van der Waals surface area contributed by atoms with Crippen LogP contribution in [0, 0.1) is 12.8 Å². The Morgan fingerprint density at radius 3 is 2.58 bits per heavy atom. The lowest BCUT2D eigenvalue weighted by Gasteiger charge is -2.34. The van der Waals surface area contributed by atoms with Crippen molar-refractivity contribution in [2.24, 2.45) is 5.92 Å². The quantitative estimate of drug-likeness (QED) is 0.832. The molecule has 0 N–H and O–H groups in total. The van der Waals surface area contributed by atoms with Gasteiger partial charge in [-0.3, -0.25) is 9.69 Å². The molecule has 0 aromatic carbocycles. The van der Waals surface area contributed by atoms with Gasteiger partial charge in [0.15, 0.2) is 5.69 Å². The summed E-state index contributed by atoms with van der Waals surface area (Å²) in [7, 11) is 0. The maximum absolute atomic E-state index is 12.2. The lowest BCUT2D eigenvalue weighted by molar-refractivity contribution is 0.0622. The first-order valence-electron chi connectivity index (χ1n) is 7.01. The Bertz CT molecular complexity index is 420. The van der Waals surface area contributed by atoms with Crippen LogP contribution in [-0.2, 0) is 0 Å². The van der Waals surface area contributed by atoms with E-state index in [1.807, 2.05) is 4.90 Å². The molecule has 1 amide bonds. The van der Waals surface area contributed by atoms with Crippen LogP contribution in [0.5, 0.6) is 0 Å². The number of rotatable bonds is 4. The predicted molar refractivity (Wildman–Crippen MR) is 73.0 cm³/mol. The number of carbonyl (C=O) groups is 1. The third kappa shape index (κ3) is 3.80. The molecule has 1 saturated heterocycles. The van der Waals surface area contributed by atoms with E-state index >= 15 is 0 Å². The highest BCUT2D eigenvalue weighted by Crippen LogP contribution is 2.10. The van der Waals surface area contributed by atoms with E-state index in [2.05, 4.69) is 23.9 Å². The van der Waals surface area contributed by atoms with E-state index in [1.54, 1.807) is 13.0 Å². The smallest absolute Gasteiger partial charge is 0.276 e. The largest absolute Gasteiger partial charge is 0.361 e. The van der Waals surface area contributed by atoms with E-state index in [-0.39, 0.29) is 5.91 Å². The van der Waals surface area contributed by atoms with Crippen LogP contribution in [0.15, 0.2) is 10.6 Å². The highest BCUT2D eigenvalue weighted by atomic mass is 16.5. The Hall–Kier alpha value is -1.36. The van der Waals surface area contributed by atoms with E-state index in [0.717, 1.165) is 38.6 Å². The van der Waals surface area contributed by atoms with Gasteiger partial charge in [0.2, 0.25) is 0 Å². The summed E-state index contributed by atoms with van der Waals surface area (Å²) in [6.45, 7) is 10.9. The molecule has 0 bridgehead atoms. The molecular weight excluding hydrogens is 242 g/mol. The average molecular weight is 265 g/mol. The second kappa shape index (κ2) is 6.19. The first-order chi connectivity index (χ1) is 9.06. The van der Waals surface area contributed by atoms with Crippen LogP contribution in [0.4, 0.5) is 0 Å². The summed E-state index contributed by atoms with van der Waals surface area (Å²) in [5, 5.41) is 3.79. The molecule has 0 spiro atoms. The minimum Gasteiger partial charge on any atom is -0.361 e. The summed E-state index contributed by atoms with van der Waals surface area (Å²) in [6.07, 6.45) is 1.22. The molecule has 1 aromatic rings. The first-order valence-corrected chi connectivity index (χ1v) is 7.01. The van der Waals surface area contributed by atoms with Crippen LogP contribution in [0.1, 0.15) is 36.5 Å². The van der Waals surface area contributed by atoms with E-state index < -0.39 is 0 Å². The standard InChI is InChI=1S/C14H23N3O2/c1-11(2)4-5-16-6-8-17(9-7-16)14(18)13-10-12(3)19-15-13/h10-11H,4-9H2,1-3H3. The molecule has 19 heavy (non-hydrogen) atoms. The number of piperazine rings is 1. The Kier molecular flexibility index (Phi) is 4.58. The molecule has 2 rings (SSSR count). The van der Waals surface area contributed by atoms with Crippen molar-refractivity contribution in [2.45, 2.75) is 27.2 Å². The number of carbonyl (C=O) groups excluding carboxylic acids is 1. The molecule has 0 aliphatic carbocycles. The molecule has 0 unspecified atom stereocenters. The maximum atomic E-state index is 12.2. The monoisotopic (exact) mass is 265 g/mol. The molecule has 2 heterocycles. The van der Waals surface area contributed by atoms with E-state index in [0.29, 0.717) is 11.5 Å². The van der Waals surface area contributed by atoms with Gasteiger partial charge in [-0.25, -0.2) is 0 Å². The summed E-state index contributed by atoms with van der Waals surface area (Å²) in [5.74, 6) is 1.40. The van der Waals surface area contributed by atoms with Crippen molar-refractivity contribution >= 4 is 5.91 Å². The summed E-state index contributed by atoms with van der Waals surface area (Å²) < 4.78 is 4.95. The molecule has 5 nitrogen and oxygen atoms in total. The molecule has 0 saturated carbocycles. The topological polar surface area (TPSA) is 49.6 Å². The van der Waals surface area contributed by atoms with Crippen LogP contribution in [0.3, 0.4) is 0 Å². The molecule has 0 radical (unpaired) electrons. The zero-order valence-electron chi connectivity index (χ0n) is 12.1. The van der Waals surface area contributed by atoms with Crippen LogP contribution in [-0.4, -0.2) is 53.6 Å². The highest BCUT2D eigenvalue weighted by Gasteiger charge is 2.23. The van der Waals surface area contributed by atoms with Gasteiger partial charge in [-0.1, -0.05) is 19.0 Å². The van der Waals surface area contributed by atoms with Gasteiger partial charge in [-0.05, 0) is 25.8 Å². The van der Waals surface area contributed by atoms with Crippen LogP contribution < -0.4 is 0 Å². The predicted octanol–water partition coefficient (Wildman–Crippen LogP) is 1.79. The van der Waals surface area contributed by atoms with Gasteiger partial charge in [0, 0.05) is 32.2 Å². The van der Waals surface area contributed by atoms with Crippen molar-refractivity contribution in [3.8, 4) is 0 Å². The normalized spacial score (nSPS) is 17.2. The number of aryl methyl sites for hydroxylation is 1. The van der Waals surface area contributed by atoms with Gasteiger partial charge in [0.05, 0.1) is 0 Å². The zero-order valence-corrected chi connectivity index (χ0v) is 12.1. The van der Waals surface area contributed by atoms with Gasteiger partial charge < -0.3 is 9.42 Å². The number of hydrogen-bond acceptors (Lipinski definition) is 4. The Morgan fingerprint density at radius 1 is 1.37 bits per heavy atom. The summed E-state index contributed by atoms with van der Waals surface area (Å²) in [5.41, 5.74) is 0.424. The molecule has 1 aromatic heterocycles. The Morgan fingerprint density at radius 2 is 2.05 bits per heavy atom. The first kappa shape index (κ1) is 14.1.